The maximum absolute atomic E-state index is 12.9. The first kappa shape index (κ1) is 18.7. The number of hydrogen-bond acceptors (Lipinski definition) is 3. The molecule has 3 amide bonds. The number of amides is 3. The zero-order valence-corrected chi connectivity index (χ0v) is 15.6. The minimum absolute atomic E-state index is 0.113. The lowest BCUT2D eigenvalue weighted by molar-refractivity contribution is 0.0943. The Kier molecular flexibility index (Phi) is 6.11. The number of piperidine rings is 1. The fourth-order valence-electron chi connectivity index (χ4n) is 2.84. The Bertz CT molecular complexity index is 773. The van der Waals surface area contributed by atoms with Crippen molar-refractivity contribution in [1.82, 2.24) is 10.2 Å². The van der Waals surface area contributed by atoms with Crippen LogP contribution in [0.4, 0.5) is 14.9 Å². The lowest BCUT2D eigenvalue weighted by atomic mass is 9.97. The molecule has 0 atom stereocenters. The summed E-state index contributed by atoms with van der Waals surface area (Å²) in [5.41, 5.74) is 0.570. The predicted octanol–water partition coefficient (Wildman–Crippen LogP) is 4.21. The number of hydrogen-bond donors (Lipinski definition) is 2. The Morgan fingerprint density at radius 3 is 2.46 bits per heavy atom. The van der Waals surface area contributed by atoms with Gasteiger partial charge in [-0.2, -0.15) is 0 Å². The van der Waals surface area contributed by atoms with E-state index in [-0.39, 0.29) is 17.8 Å². The van der Waals surface area contributed by atoms with Gasteiger partial charge in [0.05, 0.1) is 9.21 Å². The van der Waals surface area contributed by atoms with Gasteiger partial charge in [-0.1, -0.05) is 11.6 Å². The van der Waals surface area contributed by atoms with Crippen molar-refractivity contribution >= 4 is 40.6 Å². The standard InChI is InChI=1S/C18H19ClFN3O2S/c19-16-6-5-15(26-16)17(24)21-11-12-7-9-23(10-8-12)18(25)22-14-3-1-13(20)2-4-14/h1-6,12H,7-11H2,(H,21,24)(H,22,25). The van der Waals surface area contributed by atoms with Crippen molar-refractivity contribution in [2.75, 3.05) is 25.0 Å². The number of nitrogens with zero attached hydrogens (tertiary/aromatic N) is 1. The van der Waals surface area contributed by atoms with Gasteiger partial charge in [-0.05, 0) is 55.2 Å². The summed E-state index contributed by atoms with van der Waals surface area (Å²) < 4.78 is 13.5. The van der Waals surface area contributed by atoms with Crippen molar-refractivity contribution in [2.45, 2.75) is 12.8 Å². The molecular weight excluding hydrogens is 377 g/mol. The SMILES string of the molecule is O=C(NCC1CCN(C(=O)Nc2ccc(F)cc2)CC1)c1ccc(Cl)s1. The average molecular weight is 396 g/mol. The highest BCUT2D eigenvalue weighted by Gasteiger charge is 2.23. The molecule has 0 radical (unpaired) electrons. The highest BCUT2D eigenvalue weighted by molar-refractivity contribution is 7.17. The number of thiophene rings is 1. The molecule has 1 fully saturated rings. The third kappa shape index (κ3) is 4.95. The minimum Gasteiger partial charge on any atom is -0.351 e. The number of rotatable bonds is 4. The van der Waals surface area contributed by atoms with Crippen molar-refractivity contribution in [3.8, 4) is 0 Å². The Hall–Kier alpha value is -2.12. The Labute approximate surface area is 160 Å². The summed E-state index contributed by atoms with van der Waals surface area (Å²) >= 11 is 7.10. The van der Waals surface area contributed by atoms with Gasteiger partial charge in [0.1, 0.15) is 5.82 Å². The summed E-state index contributed by atoms with van der Waals surface area (Å²) in [5, 5.41) is 5.70. The maximum atomic E-state index is 12.9. The smallest absolute Gasteiger partial charge is 0.321 e. The maximum Gasteiger partial charge on any atom is 0.321 e. The molecule has 0 saturated carbocycles. The number of carbonyl (C=O) groups is 2. The summed E-state index contributed by atoms with van der Waals surface area (Å²) in [6.45, 7) is 1.83. The molecule has 1 aromatic carbocycles. The largest absolute Gasteiger partial charge is 0.351 e. The van der Waals surface area contributed by atoms with E-state index >= 15 is 0 Å². The Morgan fingerprint density at radius 2 is 1.85 bits per heavy atom. The van der Waals surface area contributed by atoms with Gasteiger partial charge in [-0.25, -0.2) is 9.18 Å². The van der Waals surface area contributed by atoms with E-state index in [4.69, 9.17) is 11.6 Å². The number of nitrogens with one attached hydrogen (secondary N) is 2. The van der Waals surface area contributed by atoms with Crippen LogP contribution in [0.15, 0.2) is 36.4 Å². The Balaban J connectivity index is 1.41. The van der Waals surface area contributed by atoms with E-state index < -0.39 is 0 Å². The molecule has 0 bridgehead atoms. The summed E-state index contributed by atoms with van der Waals surface area (Å²) in [5.74, 6) is -0.113. The summed E-state index contributed by atoms with van der Waals surface area (Å²) in [6.07, 6.45) is 1.64. The normalized spacial score (nSPS) is 14.9. The molecule has 0 aliphatic carbocycles. The van der Waals surface area contributed by atoms with Crippen LogP contribution in [0.25, 0.3) is 0 Å². The number of urea groups is 1. The molecular formula is C18H19ClFN3O2S. The molecule has 26 heavy (non-hydrogen) atoms. The van der Waals surface area contributed by atoms with Crippen LogP contribution in [-0.4, -0.2) is 36.5 Å². The zero-order chi connectivity index (χ0) is 18.5. The lowest BCUT2D eigenvalue weighted by Gasteiger charge is -2.32. The van der Waals surface area contributed by atoms with E-state index in [0.717, 1.165) is 12.8 Å². The zero-order valence-electron chi connectivity index (χ0n) is 14.0. The van der Waals surface area contributed by atoms with E-state index in [1.54, 1.807) is 17.0 Å². The van der Waals surface area contributed by atoms with Gasteiger partial charge in [0, 0.05) is 25.3 Å². The number of carbonyl (C=O) groups excluding carboxylic acids is 2. The van der Waals surface area contributed by atoms with Crippen LogP contribution in [0.3, 0.4) is 0 Å². The van der Waals surface area contributed by atoms with E-state index in [2.05, 4.69) is 10.6 Å². The van der Waals surface area contributed by atoms with E-state index in [9.17, 15) is 14.0 Å². The van der Waals surface area contributed by atoms with Crippen molar-refractivity contribution < 1.29 is 14.0 Å². The van der Waals surface area contributed by atoms with Gasteiger partial charge >= 0.3 is 6.03 Å². The summed E-state index contributed by atoms with van der Waals surface area (Å²) in [6, 6.07) is 8.92. The van der Waals surface area contributed by atoms with Gasteiger partial charge in [0.2, 0.25) is 0 Å². The topological polar surface area (TPSA) is 61.4 Å². The fraction of sp³-hybridized carbons (Fsp3) is 0.333. The molecule has 1 aromatic heterocycles. The van der Waals surface area contributed by atoms with Gasteiger partial charge in [-0.3, -0.25) is 4.79 Å². The molecule has 1 aliphatic heterocycles. The predicted molar refractivity (Wildman–Crippen MR) is 101 cm³/mol. The highest BCUT2D eigenvalue weighted by Crippen LogP contribution is 2.22. The number of halogens is 2. The second-order valence-corrected chi connectivity index (χ2v) is 7.90. The van der Waals surface area contributed by atoms with Crippen LogP contribution < -0.4 is 10.6 Å². The second kappa shape index (κ2) is 8.51. The first-order valence-electron chi connectivity index (χ1n) is 8.36. The average Bonchev–Trinajstić information content (AvgIpc) is 3.08. The number of anilines is 1. The molecule has 0 spiro atoms. The quantitative estimate of drug-likeness (QED) is 0.814. The molecule has 5 nitrogen and oxygen atoms in total. The summed E-state index contributed by atoms with van der Waals surface area (Å²) in [7, 11) is 0. The molecule has 2 N–H and O–H groups in total. The number of likely N-dealkylation sites (tertiary alicyclic amines) is 1. The summed E-state index contributed by atoms with van der Waals surface area (Å²) in [4.78, 5) is 26.6. The monoisotopic (exact) mass is 395 g/mol. The van der Waals surface area contributed by atoms with Gasteiger partial charge in [0.15, 0.2) is 0 Å². The van der Waals surface area contributed by atoms with Crippen molar-refractivity contribution in [3.05, 3.63) is 51.4 Å². The van der Waals surface area contributed by atoms with Crippen LogP contribution in [0.1, 0.15) is 22.5 Å². The highest BCUT2D eigenvalue weighted by atomic mass is 35.5. The molecule has 8 heteroatoms. The van der Waals surface area contributed by atoms with Crippen molar-refractivity contribution in [2.24, 2.45) is 5.92 Å². The number of benzene rings is 1. The van der Waals surface area contributed by atoms with E-state index in [1.807, 2.05) is 0 Å². The third-order valence-electron chi connectivity index (χ3n) is 4.35. The van der Waals surface area contributed by atoms with E-state index in [0.29, 0.717) is 40.5 Å². The Morgan fingerprint density at radius 1 is 1.15 bits per heavy atom. The van der Waals surface area contributed by atoms with Crippen molar-refractivity contribution in [3.63, 3.8) is 0 Å². The third-order valence-corrected chi connectivity index (χ3v) is 5.58. The van der Waals surface area contributed by atoms with Crippen molar-refractivity contribution in [1.29, 1.82) is 0 Å². The van der Waals surface area contributed by atoms with Gasteiger partial charge in [-0.15, -0.1) is 11.3 Å². The van der Waals surface area contributed by atoms with Crippen LogP contribution in [-0.2, 0) is 0 Å². The molecule has 3 rings (SSSR count). The minimum atomic E-state index is -0.337. The van der Waals surface area contributed by atoms with Crippen LogP contribution >= 0.6 is 22.9 Å². The molecule has 1 saturated heterocycles. The van der Waals surface area contributed by atoms with E-state index in [1.165, 1.54) is 35.6 Å². The van der Waals surface area contributed by atoms with Gasteiger partial charge < -0.3 is 15.5 Å². The fourth-order valence-corrected chi connectivity index (χ4v) is 3.80. The first-order valence-corrected chi connectivity index (χ1v) is 9.56. The lowest BCUT2D eigenvalue weighted by Crippen LogP contribution is -2.43. The molecule has 0 unspecified atom stereocenters. The van der Waals surface area contributed by atoms with Crippen LogP contribution in [0.5, 0.6) is 0 Å². The first-order chi connectivity index (χ1) is 12.5. The molecule has 1 aliphatic rings. The van der Waals surface area contributed by atoms with Crippen LogP contribution in [0, 0.1) is 11.7 Å². The molecule has 138 valence electrons. The van der Waals surface area contributed by atoms with Gasteiger partial charge in [0.25, 0.3) is 5.91 Å². The molecule has 2 heterocycles. The van der Waals surface area contributed by atoms with Crippen LogP contribution in [0.2, 0.25) is 4.34 Å². The molecule has 2 aromatic rings. The second-order valence-electron chi connectivity index (χ2n) is 6.18.